The number of nitrogens with one attached hydrogen (secondary N) is 2. The molecule has 2 heterocycles. The minimum absolute atomic E-state index is 0.0342. The van der Waals surface area contributed by atoms with Gasteiger partial charge in [-0.15, -0.1) is 0 Å². The molecule has 2 rings (SSSR count). The maximum atomic E-state index is 11.6. The Morgan fingerprint density at radius 3 is 2.75 bits per heavy atom. The van der Waals surface area contributed by atoms with Gasteiger partial charge in [-0.25, -0.2) is 5.43 Å². The van der Waals surface area contributed by atoms with E-state index >= 15 is 0 Å². The fourth-order valence-corrected chi connectivity index (χ4v) is 2.26. The van der Waals surface area contributed by atoms with Crippen LogP contribution in [0.2, 0.25) is 0 Å². The molecule has 1 atom stereocenters. The van der Waals surface area contributed by atoms with Crippen molar-refractivity contribution in [3.8, 4) is 0 Å². The summed E-state index contributed by atoms with van der Waals surface area (Å²) in [6.45, 7) is 2.97. The molecule has 2 fully saturated rings. The van der Waals surface area contributed by atoms with Gasteiger partial charge >= 0.3 is 11.8 Å². The first-order valence-corrected chi connectivity index (χ1v) is 7.09. The molecule has 0 aromatic carbocycles. The van der Waals surface area contributed by atoms with Gasteiger partial charge in [-0.2, -0.15) is 5.10 Å². The van der Waals surface area contributed by atoms with Crippen LogP contribution >= 0.6 is 0 Å². The van der Waals surface area contributed by atoms with Crippen molar-refractivity contribution in [3.63, 3.8) is 0 Å². The van der Waals surface area contributed by atoms with Crippen molar-refractivity contribution in [2.24, 2.45) is 5.10 Å². The smallest absolute Gasteiger partial charge is 0.329 e. The third kappa shape index (κ3) is 4.57. The molecule has 0 aromatic heterocycles. The van der Waals surface area contributed by atoms with E-state index in [0.717, 1.165) is 51.1 Å². The molecular weight excluding hydrogens is 260 g/mol. The summed E-state index contributed by atoms with van der Waals surface area (Å²) in [5, 5.41) is 6.58. The topological polar surface area (TPSA) is 83.0 Å². The van der Waals surface area contributed by atoms with Crippen molar-refractivity contribution in [2.75, 3.05) is 33.3 Å². The van der Waals surface area contributed by atoms with Gasteiger partial charge in [0, 0.05) is 44.8 Å². The lowest BCUT2D eigenvalue weighted by molar-refractivity contribution is -0.139. The van der Waals surface area contributed by atoms with Crippen LogP contribution in [0.15, 0.2) is 5.10 Å². The van der Waals surface area contributed by atoms with Crippen molar-refractivity contribution in [2.45, 2.75) is 31.8 Å². The molecule has 0 aromatic rings. The Labute approximate surface area is 118 Å². The Bertz CT molecular complexity index is 381. The largest absolute Gasteiger partial charge is 0.376 e. The summed E-state index contributed by atoms with van der Waals surface area (Å²) in [4.78, 5) is 25.3. The van der Waals surface area contributed by atoms with E-state index in [1.165, 1.54) is 0 Å². The van der Waals surface area contributed by atoms with E-state index in [0.29, 0.717) is 6.54 Å². The first-order chi connectivity index (χ1) is 9.65. The number of amides is 2. The van der Waals surface area contributed by atoms with Gasteiger partial charge in [0.05, 0.1) is 6.10 Å². The fourth-order valence-electron chi connectivity index (χ4n) is 2.26. The van der Waals surface area contributed by atoms with E-state index in [-0.39, 0.29) is 6.10 Å². The predicted molar refractivity (Wildman–Crippen MR) is 74.3 cm³/mol. The van der Waals surface area contributed by atoms with Crippen LogP contribution in [0.4, 0.5) is 0 Å². The molecular formula is C13H22N4O3. The quantitative estimate of drug-likeness (QED) is 0.539. The molecule has 7 heteroatoms. The summed E-state index contributed by atoms with van der Waals surface area (Å²) < 4.78 is 5.37. The second-order valence-corrected chi connectivity index (χ2v) is 5.27. The summed E-state index contributed by atoms with van der Waals surface area (Å²) in [7, 11) is 2.05. The minimum Gasteiger partial charge on any atom is -0.376 e. The van der Waals surface area contributed by atoms with Crippen LogP contribution in [0, 0.1) is 0 Å². The zero-order chi connectivity index (χ0) is 14.4. The molecule has 2 saturated heterocycles. The number of nitrogens with zero attached hydrogens (tertiary/aromatic N) is 2. The summed E-state index contributed by atoms with van der Waals surface area (Å²) in [6.07, 6.45) is 3.63. The van der Waals surface area contributed by atoms with Crippen molar-refractivity contribution in [3.05, 3.63) is 0 Å². The molecule has 1 unspecified atom stereocenters. The van der Waals surface area contributed by atoms with Crippen molar-refractivity contribution < 1.29 is 14.3 Å². The highest BCUT2D eigenvalue weighted by molar-refractivity contribution is 6.35. The van der Waals surface area contributed by atoms with E-state index in [1.54, 1.807) is 0 Å². The Balaban J connectivity index is 1.68. The maximum absolute atomic E-state index is 11.6. The Hall–Kier alpha value is -1.47. The molecule has 20 heavy (non-hydrogen) atoms. The number of rotatable bonds is 3. The lowest BCUT2D eigenvalue weighted by Gasteiger charge is -2.22. The Morgan fingerprint density at radius 2 is 2.10 bits per heavy atom. The Morgan fingerprint density at radius 1 is 1.35 bits per heavy atom. The van der Waals surface area contributed by atoms with Gasteiger partial charge in [-0.05, 0) is 19.9 Å². The monoisotopic (exact) mass is 282 g/mol. The molecule has 2 amide bonds. The highest BCUT2D eigenvalue weighted by Crippen LogP contribution is 2.10. The second kappa shape index (κ2) is 7.35. The van der Waals surface area contributed by atoms with Gasteiger partial charge in [0.1, 0.15) is 0 Å². The minimum atomic E-state index is -0.713. The number of hydrazone groups is 1. The van der Waals surface area contributed by atoms with Gasteiger partial charge in [0.25, 0.3) is 0 Å². The molecule has 2 aliphatic rings. The standard InChI is InChI=1S/C13H22N4O3/c1-17-6-4-10(5-7-17)15-16-13(19)12(18)14-9-11-3-2-8-20-11/h11H,2-9H2,1H3,(H,14,18)(H,16,19). The van der Waals surface area contributed by atoms with Crippen molar-refractivity contribution >= 4 is 17.5 Å². The average Bonchev–Trinajstić information content (AvgIpc) is 2.97. The third-order valence-electron chi connectivity index (χ3n) is 3.60. The zero-order valence-electron chi connectivity index (χ0n) is 11.9. The van der Waals surface area contributed by atoms with E-state index < -0.39 is 11.8 Å². The molecule has 0 spiro atoms. The van der Waals surface area contributed by atoms with Crippen LogP contribution in [-0.2, 0) is 14.3 Å². The summed E-state index contributed by atoms with van der Waals surface area (Å²) in [5.41, 5.74) is 3.25. The van der Waals surface area contributed by atoms with Crippen LogP contribution in [0.5, 0.6) is 0 Å². The Kier molecular flexibility index (Phi) is 5.49. The molecule has 0 saturated carbocycles. The van der Waals surface area contributed by atoms with Gasteiger partial charge in [0.15, 0.2) is 0 Å². The van der Waals surface area contributed by atoms with Gasteiger partial charge in [0.2, 0.25) is 0 Å². The molecule has 0 aliphatic carbocycles. The number of carbonyl (C=O) groups is 2. The molecule has 0 bridgehead atoms. The van der Waals surface area contributed by atoms with E-state index in [4.69, 9.17) is 4.74 Å². The molecule has 2 N–H and O–H groups in total. The summed E-state index contributed by atoms with van der Waals surface area (Å²) in [5.74, 6) is -1.37. The van der Waals surface area contributed by atoms with Crippen LogP contribution in [0.25, 0.3) is 0 Å². The van der Waals surface area contributed by atoms with Gasteiger partial charge in [-0.3, -0.25) is 9.59 Å². The molecule has 112 valence electrons. The number of ether oxygens (including phenoxy) is 1. The van der Waals surface area contributed by atoms with Gasteiger partial charge < -0.3 is 15.0 Å². The molecule has 7 nitrogen and oxygen atoms in total. The van der Waals surface area contributed by atoms with Crippen molar-refractivity contribution in [1.82, 2.24) is 15.6 Å². The highest BCUT2D eigenvalue weighted by atomic mass is 16.5. The summed E-state index contributed by atoms with van der Waals surface area (Å²) >= 11 is 0. The van der Waals surface area contributed by atoms with Crippen LogP contribution in [-0.4, -0.2) is 61.8 Å². The average molecular weight is 282 g/mol. The van der Waals surface area contributed by atoms with E-state index in [2.05, 4.69) is 20.7 Å². The SMILES string of the molecule is CN1CCC(=NNC(=O)C(=O)NCC2CCCO2)CC1. The molecule has 0 radical (unpaired) electrons. The van der Waals surface area contributed by atoms with E-state index in [1.807, 2.05) is 7.05 Å². The zero-order valence-corrected chi connectivity index (χ0v) is 11.9. The first-order valence-electron chi connectivity index (χ1n) is 7.09. The predicted octanol–water partition coefficient (Wildman–Crippen LogP) is -0.521. The van der Waals surface area contributed by atoms with Crippen LogP contribution < -0.4 is 10.7 Å². The number of carbonyl (C=O) groups excluding carboxylic acids is 2. The number of likely N-dealkylation sites (tertiary alicyclic amines) is 1. The van der Waals surface area contributed by atoms with Crippen LogP contribution in [0.1, 0.15) is 25.7 Å². The van der Waals surface area contributed by atoms with Gasteiger partial charge in [-0.1, -0.05) is 0 Å². The summed E-state index contributed by atoms with van der Waals surface area (Å²) in [6, 6.07) is 0. The number of hydrogen-bond donors (Lipinski definition) is 2. The fraction of sp³-hybridized carbons (Fsp3) is 0.769. The normalized spacial score (nSPS) is 23.4. The third-order valence-corrected chi connectivity index (χ3v) is 3.60. The first kappa shape index (κ1) is 14.9. The maximum Gasteiger partial charge on any atom is 0.329 e. The van der Waals surface area contributed by atoms with E-state index in [9.17, 15) is 9.59 Å². The van der Waals surface area contributed by atoms with Crippen molar-refractivity contribution in [1.29, 1.82) is 0 Å². The number of piperidine rings is 1. The lowest BCUT2D eigenvalue weighted by Crippen LogP contribution is -2.41. The second-order valence-electron chi connectivity index (χ2n) is 5.27. The lowest BCUT2D eigenvalue weighted by atomic mass is 10.1. The number of hydrogen-bond acceptors (Lipinski definition) is 5. The molecule has 2 aliphatic heterocycles. The van der Waals surface area contributed by atoms with Crippen LogP contribution in [0.3, 0.4) is 0 Å². The highest BCUT2D eigenvalue weighted by Gasteiger charge is 2.19.